The van der Waals surface area contributed by atoms with Crippen molar-refractivity contribution in [3.8, 4) is 0 Å². The number of carbonyl (C=O) groups excluding carboxylic acids is 1. The summed E-state index contributed by atoms with van der Waals surface area (Å²) in [4.78, 5) is 11.4. The molecule has 118 valence electrons. The smallest absolute Gasteiger partial charge is 0.305 e. The van der Waals surface area contributed by atoms with Crippen LogP contribution in [0.5, 0.6) is 0 Å². The second-order valence-electron chi connectivity index (χ2n) is 4.84. The predicted octanol–water partition coefficient (Wildman–Crippen LogP) is 2.63. The fourth-order valence-corrected chi connectivity index (χ4v) is 2.49. The topological polar surface area (TPSA) is 72.5 Å². The van der Waals surface area contributed by atoms with Crippen molar-refractivity contribution in [1.29, 1.82) is 0 Å². The standard InChI is InChI=1S/C15H23NO4S/c1-3-20-15(17)7-5-4-6-12-16-13-8-10-14(11-9-13)21(2,18)19/h8-11,16H,3-7,12H2,1-2H3. The third-order valence-electron chi connectivity index (χ3n) is 2.97. The van der Waals surface area contributed by atoms with Crippen molar-refractivity contribution in [3.05, 3.63) is 24.3 Å². The Kier molecular flexibility index (Phi) is 7.22. The largest absolute Gasteiger partial charge is 0.466 e. The monoisotopic (exact) mass is 313 g/mol. The van der Waals surface area contributed by atoms with E-state index in [1.54, 1.807) is 31.2 Å². The molecule has 1 rings (SSSR count). The Labute approximate surface area is 126 Å². The van der Waals surface area contributed by atoms with Gasteiger partial charge in [0.1, 0.15) is 0 Å². The first-order valence-corrected chi connectivity index (χ1v) is 9.02. The van der Waals surface area contributed by atoms with Gasteiger partial charge >= 0.3 is 5.97 Å². The molecule has 0 saturated carbocycles. The van der Waals surface area contributed by atoms with Gasteiger partial charge in [-0.1, -0.05) is 6.42 Å². The summed E-state index contributed by atoms with van der Waals surface area (Å²) in [6.45, 7) is 3.03. The Morgan fingerprint density at radius 1 is 1.14 bits per heavy atom. The van der Waals surface area contributed by atoms with Crippen molar-refractivity contribution in [2.75, 3.05) is 24.7 Å². The Hall–Kier alpha value is -1.56. The van der Waals surface area contributed by atoms with Gasteiger partial charge in [-0.05, 0) is 44.0 Å². The third kappa shape index (κ3) is 7.13. The first-order chi connectivity index (χ1) is 9.93. The van der Waals surface area contributed by atoms with E-state index >= 15 is 0 Å². The zero-order valence-corrected chi connectivity index (χ0v) is 13.4. The van der Waals surface area contributed by atoms with E-state index in [4.69, 9.17) is 4.74 Å². The molecular weight excluding hydrogens is 290 g/mol. The zero-order valence-electron chi connectivity index (χ0n) is 12.6. The number of hydrogen-bond acceptors (Lipinski definition) is 5. The molecule has 1 N–H and O–H groups in total. The Bertz CT molecular complexity index is 537. The molecule has 0 aromatic heterocycles. The van der Waals surface area contributed by atoms with E-state index in [1.165, 1.54) is 6.26 Å². The highest BCUT2D eigenvalue weighted by Crippen LogP contribution is 2.14. The van der Waals surface area contributed by atoms with Gasteiger partial charge in [0.25, 0.3) is 0 Å². The summed E-state index contributed by atoms with van der Waals surface area (Å²) in [6.07, 6.45) is 4.39. The number of esters is 1. The van der Waals surface area contributed by atoms with Crippen LogP contribution in [0, 0.1) is 0 Å². The van der Waals surface area contributed by atoms with Crippen LogP contribution in [0.25, 0.3) is 0 Å². The van der Waals surface area contributed by atoms with Crippen LogP contribution in [0.3, 0.4) is 0 Å². The average Bonchev–Trinajstić information content (AvgIpc) is 2.42. The summed E-state index contributed by atoms with van der Waals surface area (Å²) in [5, 5.41) is 3.23. The fraction of sp³-hybridized carbons (Fsp3) is 0.533. The molecule has 0 fully saturated rings. The van der Waals surface area contributed by atoms with Crippen LogP contribution in [-0.4, -0.2) is 33.8 Å². The SMILES string of the molecule is CCOC(=O)CCCCCNc1ccc(S(C)(=O)=O)cc1. The second-order valence-corrected chi connectivity index (χ2v) is 6.85. The van der Waals surface area contributed by atoms with E-state index in [9.17, 15) is 13.2 Å². The summed E-state index contributed by atoms with van der Waals surface area (Å²) >= 11 is 0. The maximum absolute atomic E-state index is 11.3. The zero-order chi connectivity index (χ0) is 15.7. The van der Waals surface area contributed by atoms with Gasteiger partial charge < -0.3 is 10.1 Å². The minimum Gasteiger partial charge on any atom is -0.466 e. The van der Waals surface area contributed by atoms with Gasteiger partial charge in [0.2, 0.25) is 0 Å². The molecule has 0 saturated heterocycles. The van der Waals surface area contributed by atoms with Crippen LogP contribution in [0.2, 0.25) is 0 Å². The summed E-state index contributed by atoms with van der Waals surface area (Å²) < 4.78 is 27.5. The van der Waals surface area contributed by atoms with Gasteiger partial charge in [-0.2, -0.15) is 0 Å². The number of hydrogen-bond donors (Lipinski definition) is 1. The van der Waals surface area contributed by atoms with Crippen molar-refractivity contribution in [1.82, 2.24) is 0 Å². The summed E-state index contributed by atoms with van der Waals surface area (Å²) in [5.74, 6) is -0.137. The molecule has 0 aliphatic carbocycles. The second kappa shape index (κ2) is 8.67. The molecule has 0 heterocycles. The lowest BCUT2D eigenvalue weighted by molar-refractivity contribution is -0.143. The van der Waals surface area contributed by atoms with E-state index in [1.807, 2.05) is 0 Å². The molecule has 0 radical (unpaired) electrons. The first kappa shape index (κ1) is 17.5. The molecule has 0 bridgehead atoms. The van der Waals surface area contributed by atoms with Gasteiger partial charge in [0, 0.05) is 24.9 Å². The number of anilines is 1. The van der Waals surface area contributed by atoms with Crippen molar-refractivity contribution in [2.45, 2.75) is 37.5 Å². The molecule has 0 unspecified atom stereocenters. The molecule has 0 aliphatic heterocycles. The third-order valence-corrected chi connectivity index (χ3v) is 4.10. The minimum atomic E-state index is -3.14. The molecule has 5 nitrogen and oxygen atoms in total. The van der Waals surface area contributed by atoms with Crippen molar-refractivity contribution in [2.24, 2.45) is 0 Å². The minimum absolute atomic E-state index is 0.137. The van der Waals surface area contributed by atoms with Gasteiger partial charge in [-0.25, -0.2) is 8.42 Å². The lowest BCUT2D eigenvalue weighted by Crippen LogP contribution is -2.05. The number of unbranched alkanes of at least 4 members (excludes halogenated alkanes) is 2. The lowest BCUT2D eigenvalue weighted by atomic mass is 10.2. The van der Waals surface area contributed by atoms with Crippen LogP contribution in [0.15, 0.2) is 29.2 Å². The van der Waals surface area contributed by atoms with E-state index in [2.05, 4.69) is 5.32 Å². The quantitative estimate of drug-likeness (QED) is 0.560. The number of nitrogens with one attached hydrogen (secondary N) is 1. The number of carbonyl (C=O) groups is 1. The van der Waals surface area contributed by atoms with Gasteiger partial charge in [0.05, 0.1) is 11.5 Å². The maximum atomic E-state index is 11.3. The van der Waals surface area contributed by atoms with Gasteiger partial charge in [0.15, 0.2) is 9.84 Å². The Balaban J connectivity index is 2.20. The van der Waals surface area contributed by atoms with Gasteiger partial charge in [-0.15, -0.1) is 0 Å². The van der Waals surface area contributed by atoms with Crippen LogP contribution in [0.4, 0.5) is 5.69 Å². The van der Waals surface area contributed by atoms with Crippen LogP contribution < -0.4 is 5.32 Å². The Morgan fingerprint density at radius 2 is 1.81 bits per heavy atom. The van der Waals surface area contributed by atoms with E-state index in [0.717, 1.165) is 31.5 Å². The molecule has 1 aromatic rings. The Morgan fingerprint density at radius 3 is 2.38 bits per heavy atom. The molecule has 1 aromatic carbocycles. The van der Waals surface area contributed by atoms with E-state index < -0.39 is 9.84 Å². The molecular formula is C15H23NO4S. The van der Waals surface area contributed by atoms with Crippen molar-refractivity contribution in [3.63, 3.8) is 0 Å². The van der Waals surface area contributed by atoms with Gasteiger partial charge in [-0.3, -0.25) is 4.79 Å². The molecule has 0 aliphatic rings. The predicted molar refractivity (Wildman–Crippen MR) is 83.1 cm³/mol. The molecule has 0 spiro atoms. The molecule has 21 heavy (non-hydrogen) atoms. The average molecular weight is 313 g/mol. The summed E-state index contributed by atoms with van der Waals surface area (Å²) in [7, 11) is -3.14. The fourth-order valence-electron chi connectivity index (χ4n) is 1.86. The molecule has 0 amide bonds. The van der Waals surface area contributed by atoms with Crippen molar-refractivity contribution < 1.29 is 17.9 Å². The number of sulfone groups is 1. The van der Waals surface area contributed by atoms with Crippen LogP contribution in [0.1, 0.15) is 32.6 Å². The number of rotatable bonds is 9. The highest BCUT2D eigenvalue weighted by molar-refractivity contribution is 7.90. The van der Waals surface area contributed by atoms with Crippen LogP contribution in [-0.2, 0) is 19.4 Å². The van der Waals surface area contributed by atoms with Crippen molar-refractivity contribution >= 4 is 21.5 Å². The highest BCUT2D eigenvalue weighted by atomic mass is 32.2. The van der Waals surface area contributed by atoms with E-state index in [-0.39, 0.29) is 5.97 Å². The normalized spacial score (nSPS) is 11.1. The number of benzene rings is 1. The molecule has 0 atom stereocenters. The first-order valence-electron chi connectivity index (χ1n) is 7.13. The lowest BCUT2D eigenvalue weighted by Gasteiger charge is -2.07. The number of ether oxygens (including phenoxy) is 1. The van der Waals surface area contributed by atoms with E-state index in [0.29, 0.717) is 17.9 Å². The summed E-state index contributed by atoms with van der Waals surface area (Å²) in [6, 6.07) is 6.71. The van der Waals surface area contributed by atoms with Crippen LogP contribution >= 0.6 is 0 Å². The highest BCUT2D eigenvalue weighted by Gasteiger charge is 2.05. The maximum Gasteiger partial charge on any atom is 0.305 e. The molecule has 6 heteroatoms. The summed E-state index contributed by atoms with van der Waals surface area (Å²) in [5.41, 5.74) is 0.896.